The Kier molecular flexibility index (Phi) is 16.5. The van der Waals surface area contributed by atoms with Crippen molar-refractivity contribution < 1.29 is 0 Å². The Balaban J connectivity index is 0.771. The standard InChI is InChI=1S/C91H66N6O/c98-91-96(83-59-49-69(50-60-83)85-65-71(53-63-87(85)94(77-35-17-5-18-36-77)78-37-19-6-20-38-78)67-45-55-81(56-46-67)92(73-27-9-1-10-28-73)74-29-11-2-12-30-74)89-43-25-26-44-90(89)97(91)84-61-51-70(52-62-84)86-66-72(54-64-88(86)95(79-39-21-7-22-40-79)80-41-23-8-24-42-80)68-47-57-82(58-48-68)93(75-31-13-3-14-32-75)76-33-15-4-16-34-76/h1-66H. The van der Waals surface area contributed by atoms with Crippen LogP contribution in [-0.4, -0.2) is 9.13 Å². The molecule has 16 aromatic rings. The molecule has 0 aliphatic carbocycles. The normalized spacial score (nSPS) is 11.1. The van der Waals surface area contributed by atoms with Gasteiger partial charge in [0, 0.05) is 68.0 Å². The van der Waals surface area contributed by atoms with Crippen molar-refractivity contribution in [3.63, 3.8) is 0 Å². The maximum Gasteiger partial charge on any atom is 0.338 e. The van der Waals surface area contributed by atoms with E-state index in [1.165, 1.54) is 0 Å². The van der Waals surface area contributed by atoms with Gasteiger partial charge in [0.15, 0.2) is 0 Å². The summed E-state index contributed by atoms with van der Waals surface area (Å²) in [6.45, 7) is 0. The van der Waals surface area contributed by atoms with E-state index in [1.807, 2.05) is 33.4 Å². The van der Waals surface area contributed by atoms with Gasteiger partial charge in [-0.1, -0.05) is 218 Å². The number of benzene rings is 15. The molecule has 466 valence electrons. The van der Waals surface area contributed by atoms with E-state index in [1.54, 1.807) is 0 Å². The molecule has 1 aromatic heterocycles. The second kappa shape index (κ2) is 27.0. The number of anilines is 12. The van der Waals surface area contributed by atoms with Crippen molar-refractivity contribution >= 4 is 79.3 Å². The third-order valence-corrected chi connectivity index (χ3v) is 18.1. The van der Waals surface area contributed by atoms with Crippen LogP contribution in [0, 0.1) is 0 Å². The van der Waals surface area contributed by atoms with Crippen LogP contribution in [0.25, 0.3) is 66.9 Å². The molecule has 0 spiro atoms. The Morgan fingerprint density at radius 2 is 0.398 bits per heavy atom. The van der Waals surface area contributed by atoms with Gasteiger partial charge in [-0.3, -0.25) is 9.13 Å². The number of aromatic nitrogens is 2. The fraction of sp³-hybridized carbons (Fsp3) is 0. The van der Waals surface area contributed by atoms with Crippen LogP contribution in [0.15, 0.2) is 405 Å². The number of fused-ring (bicyclic) bond motifs is 1. The maximum absolute atomic E-state index is 15.5. The van der Waals surface area contributed by atoms with Crippen LogP contribution >= 0.6 is 0 Å². The number of nitrogens with zero attached hydrogens (tertiary/aromatic N) is 6. The fourth-order valence-electron chi connectivity index (χ4n) is 13.5. The molecule has 0 unspecified atom stereocenters. The molecule has 0 aliphatic heterocycles. The topological polar surface area (TPSA) is 39.9 Å². The van der Waals surface area contributed by atoms with E-state index in [4.69, 9.17) is 0 Å². The summed E-state index contributed by atoms with van der Waals surface area (Å²) in [7, 11) is 0. The van der Waals surface area contributed by atoms with Gasteiger partial charge in [-0.2, -0.15) is 0 Å². The molecule has 7 nitrogen and oxygen atoms in total. The molecular formula is C91H66N6O. The van der Waals surface area contributed by atoms with Gasteiger partial charge < -0.3 is 19.6 Å². The Hall–Kier alpha value is -13.2. The van der Waals surface area contributed by atoms with E-state index >= 15 is 4.79 Å². The summed E-state index contributed by atoms with van der Waals surface area (Å²) in [5.74, 6) is 0. The van der Waals surface area contributed by atoms with E-state index in [2.05, 4.69) is 396 Å². The summed E-state index contributed by atoms with van der Waals surface area (Å²) in [6.07, 6.45) is 0. The first-order valence-electron chi connectivity index (χ1n) is 33.1. The van der Waals surface area contributed by atoms with Gasteiger partial charge in [-0.15, -0.1) is 0 Å². The molecule has 7 heteroatoms. The van der Waals surface area contributed by atoms with Crippen LogP contribution in [0.4, 0.5) is 68.2 Å². The zero-order valence-corrected chi connectivity index (χ0v) is 53.7. The maximum atomic E-state index is 15.5. The van der Waals surface area contributed by atoms with E-state index < -0.39 is 0 Å². The first-order valence-corrected chi connectivity index (χ1v) is 33.1. The molecule has 16 rings (SSSR count). The molecule has 0 N–H and O–H groups in total. The highest BCUT2D eigenvalue weighted by molar-refractivity contribution is 5.94. The van der Waals surface area contributed by atoms with Gasteiger partial charge in [-0.05, 0) is 215 Å². The SMILES string of the molecule is O=c1n(-c2ccc(-c3cc(-c4ccc(N(c5ccccc5)c5ccccc5)cc4)ccc3N(c3ccccc3)c3ccccc3)cc2)c2ccccc2n1-c1ccc(-c2cc(-c3ccc(N(c4ccccc4)c4ccccc4)cc3)ccc2N(c2ccccc2)c2ccccc2)cc1. The molecule has 0 bridgehead atoms. The molecular weight excluding hydrogens is 1190 g/mol. The Bertz CT molecular complexity index is 4910. The summed E-state index contributed by atoms with van der Waals surface area (Å²) < 4.78 is 3.67. The van der Waals surface area contributed by atoms with Crippen molar-refractivity contribution in [1.82, 2.24) is 9.13 Å². The van der Waals surface area contributed by atoms with Gasteiger partial charge in [0.25, 0.3) is 0 Å². The molecule has 15 aromatic carbocycles. The number of rotatable bonds is 18. The van der Waals surface area contributed by atoms with E-state index in [9.17, 15) is 0 Å². The minimum Gasteiger partial charge on any atom is -0.311 e. The predicted molar refractivity (Wildman–Crippen MR) is 409 cm³/mol. The van der Waals surface area contributed by atoms with Crippen LogP contribution in [-0.2, 0) is 0 Å². The smallest absolute Gasteiger partial charge is 0.311 e. The summed E-state index contributed by atoms with van der Waals surface area (Å²) in [5, 5.41) is 0. The van der Waals surface area contributed by atoms with E-state index in [0.29, 0.717) is 0 Å². The highest BCUT2D eigenvalue weighted by Gasteiger charge is 2.24. The second-order valence-corrected chi connectivity index (χ2v) is 24.1. The lowest BCUT2D eigenvalue weighted by atomic mass is 9.95. The van der Waals surface area contributed by atoms with Gasteiger partial charge in [-0.25, -0.2) is 4.79 Å². The van der Waals surface area contributed by atoms with Crippen molar-refractivity contribution in [3.8, 4) is 55.9 Å². The van der Waals surface area contributed by atoms with Gasteiger partial charge in [0.05, 0.1) is 33.8 Å². The zero-order chi connectivity index (χ0) is 65.6. The summed E-state index contributed by atoms with van der Waals surface area (Å²) in [5.41, 5.74) is 24.0. The molecule has 1 heterocycles. The number of imidazole rings is 1. The van der Waals surface area contributed by atoms with Crippen LogP contribution in [0.5, 0.6) is 0 Å². The van der Waals surface area contributed by atoms with Crippen molar-refractivity contribution in [1.29, 1.82) is 0 Å². The first kappa shape index (κ1) is 59.8. The number of hydrogen-bond donors (Lipinski definition) is 0. The summed E-state index contributed by atoms with van der Waals surface area (Å²) in [6, 6.07) is 140. The van der Waals surface area contributed by atoms with E-state index in [-0.39, 0.29) is 5.69 Å². The largest absolute Gasteiger partial charge is 0.338 e. The van der Waals surface area contributed by atoms with Gasteiger partial charge >= 0.3 is 5.69 Å². The monoisotopic (exact) mass is 1260 g/mol. The summed E-state index contributed by atoms with van der Waals surface area (Å²) in [4.78, 5) is 24.7. The number of hydrogen-bond acceptors (Lipinski definition) is 5. The Morgan fingerprint density at radius 3 is 0.663 bits per heavy atom. The lowest BCUT2D eigenvalue weighted by Crippen LogP contribution is -2.22. The van der Waals surface area contributed by atoms with Crippen LogP contribution in [0.2, 0.25) is 0 Å². The molecule has 0 saturated carbocycles. The molecule has 0 aliphatic rings. The van der Waals surface area contributed by atoms with Crippen molar-refractivity contribution in [2.45, 2.75) is 0 Å². The molecule has 98 heavy (non-hydrogen) atoms. The van der Waals surface area contributed by atoms with Gasteiger partial charge in [0.1, 0.15) is 0 Å². The molecule has 0 saturated heterocycles. The average Bonchev–Trinajstić information content (AvgIpc) is 1.49. The lowest BCUT2D eigenvalue weighted by molar-refractivity contribution is 0.931. The Morgan fingerprint density at radius 1 is 0.184 bits per heavy atom. The first-order chi connectivity index (χ1) is 48.6. The highest BCUT2D eigenvalue weighted by atomic mass is 16.1. The fourth-order valence-corrected chi connectivity index (χ4v) is 13.5. The van der Waals surface area contributed by atoms with Crippen LogP contribution < -0.4 is 25.3 Å². The summed E-state index contributed by atoms with van der Waals surface area (Å²) >= 11 is 0. The molecule has 0 atom stereocenters. The minimum absolute atomic E-state index is 0.168. The molecule has 0 amide bonds. The average molecular weight is 1260 g/mol. The highest BCUT2D eigenvalue weighted by Crippen LogP contribution is 2.46. The third kappa shape index (κ3) is 11.9. The van der Waals surface area contributed by atoms with Gasteiger partial charge in [0.2, 0.25) is 0 Å². The zero-order valence-electron chi connectivity index (χ0n) is 53.7. The van der Waals surface area contributed by atoms with E-state index in [0.717, 1.165) is 135 Å². The second-order valence-electron chi connectivity index (χ2n) is 24.1. The number of para-hydroxylation sites is 10. The predicted octanol–water partition coefficient (Wildman–Crippen LogP) is 24.3. The molecule has 0 fully saturated rings. The quantitative estimate of drug-likeness (QED) is 0.0856. The van der Waals surface area contributed by atoms with Crippen LogP contribution in [0.1, 0.15) is 0 Å². The van der Waals surface area contributed by atoms with Crippen molar-refractivity contribution in [2.75, 3.05) is 19.6 Å². The minimum atomic E-state index is -0.168. The Labute approximate surface area is 571 Å². The lowest BCUT2D eigenvalue weighted by Gasteiger charge is -2.28. The molecule has 0 radical (unpaired) electrons. The van der Waals surface area contributed by atoms with Crippen LogP contribution in [0.3, 0.4) is 0 Å². The van der Waals surface area contributed by atoms with Crippen molar-refractivity contribution in [3.05, 3.63) is 411 Å². The third-order valence-electron chi connectivity index (χ3n) is 18.1. The van der Waals surface area contributed by atoms with Crippen molar-refractivity contribution in [2.24, 2.45) is 0 Å².